The van der Waals surface area contributed by atoms with Gasteiger partial charge in [-0.05, 0) is 30.5 Å². The summed E-state index contributed by atoms with van der Waals surface area (Å²) in [5, 5.41) is 7.56. The number of carbonyl (C=O) groups is 2. The molecule has 2 heterocycles. The van der Waals surface area contributed by atoms with Gasteiger partial charge < -0.3 is 11.1 Å². The zero-order chi connectivity index (χ0) is 16.8. The fraction of sp³-hybridized carbons (Fsp3) is 0.235. The number of ketones is 1. The lowest BCUT2D eigenvalue weighted by atomic mass is 9.85. The number of anilines is 1. The number of nitrogens with two attached hydrogens (primary N) is 1. The third kappa shape index (κ3) is 2.27. The number of carbonyl (C=O) groups excluding carboxylic acids is 2. The molecule has 0 radical (unpaired) electrons. The normalized spacial score (nSPS) is 19.5. The molecule has 0 bridgehead atoms. The van der Waals surface area contributed by atoms with Crippen molar-refractivity contribution in [3.05, 3.63) is 57.3 Å². The number of halogens is 1. The van der Waals surface area contributed by atoms with Crippen molar-refractivity contribution in [3.63, 3.8) is 0 Å². The molecule has 0 unspecified atom stereocenters. The minimum atomic E-state index is -0.538. The lowest BCUT2D eigenvalue weighted by Gasteiger charge is -2.33. The van der Waals surface area contributed by atoms with Crippen LogP contribution in [0.2, 0.25) is 0 Å². The molecule has 2 aromatic rings. The van der Waals surface area contributed by atoms with Gasteiger partial charge in [0.05, 0.1) is 6.20 Å². The average Bonchev–Trinajstić information content (AvgIpc) is 2.98. The smallest absolute Gasteiger partial charge is 0.254 e. The zero-order valence-corrected chi connectivity index (χ0v) is 14.3. The van der Waals surface area contributed by atoms with Gasteiger partial charge in [0.2, 0.25) is 0 Å². The van der Waals surface area contributed by atoms with Crippen LogP contribution in [0.3, 0.4) is 0 Å². The molecule has 0 fully saturated rings. The minimum absolute atomic E-state index is 0.124. The SMILES string of the molecule is NC(=O)c1cnn2c1NC1=C(C(=O)CCC1)[C@H]2c1ccc(Br)cc1. The van der Waals surface area contributed by atoms with Gasteiger partial charge in [0, 0.05) is 22.2 Å². The first-order valence-corrected chi connectivity index (χ1v) is 8.51. The van der Waals surface area contributed by atoms with Crippen LogP contribution in [0, 0.1) is 0 Å². The summed E-state index contributed by atoms with van der Waals surface area (Å²) >= 11 is 3.43. The Hall–Kier alpha value is -2.41. The molecule has 1 aromatic heterocycles. The van der Waals surface area contributed by atoms with E-state index in [-0.39, 0.29) is 11.8 Å². The number of hydrogen-bond donors (Lipinski definition) is 2. The maximum Gasteiger partial charge on any atom is 0.254 e. The number of fused-ring (bicyclic) bond motifs is 1. The first kappa shape index (κ1) is 15.1. The number of amides is 1. The first-order valence-electron chi connectivity index (χ1n) is 7.72. The van der Waals surface area contributed by atoms with Gasteiger partial charge in [0.1, 0.15) is 17.4 Å². The highest BCUT2D eigenvalue weighted by molar-refractivity contribution is 9.10. The van der Waals surface area contributed by atoms with Crippen LogP contribution in [-0.2, 0) is 4.79 Å². The van der Waals surface area contributed by atoms with E-state index >= 15 is 0 Å². The highest BCUT2D eigenvalue weighted by atomic mass is 79.9. The van der Waals surface area contributed by atoms with E-state index in [2.05, 4.69) is 26.3 Å². The third-order valence-electron chi connectivity index (χ3n) is 4.49. The second-order valence-electron chi connectivity index (χ2n) is 5.96. The van der Waals surface area contributed by atoms with Crippen LogP contribution in [-0.4, -0.2) is 21.5 Å². The second-order valence-corrected chi connectivity index (χ2v) is 6.88. The van der Waals surface area contributed by atoms with Gasteiger partial charge in [-0.25, -0.2) is 4.68 Å². The predicted molar refractivity (Wildman–Crippen MR) is 92.5 cm³/mol. The van der Waals surface area contributed by atoms with Gasteiger partial charge in [-0.2, -0.15) is 5.10 Å². The molecule has 3 N–H and O–H groups in total. The van der Waals surface area contributed by atoms with Crippen LogP contribution in [0.5, 0.6) is 0 Å². The van der Waals surface area contributed by atoms with Crippen molar-refractivity contribution in [2.75, 3.05) is 5.32 Å². The monoisotopic (exact) mass is 386 g/mol. The van der Waals surface area contributed by atoms with Gasteiger partial charge in [0.25, 0.3) is 5.91 Å². The predicted octanol–water partition coefficient (Wildman–Crippen LogP) is 2.77. The fourth-order valence-electron chi connectivity index (χ4n) is 3.39. The Kier molecular flexibility index (Phi) is 3.53. The van der Waals surface area contributed by atoms with E-state index in [0.717, 1.165) is 34.1 Å². The van der Waals surface area contributed by atoms with Crippen molar-refractivity contribution >= 4 is 33.4 Å². The second kappa shape index (κ2) is 5.59. The largest absolute Gasteiger partial charge is 0.365 e. The summed E-state index contributed by atoms with van der Waals surface area (Å²) in [7, 11) is 0. The van der Waals surface area contributed by atoms with Crippen molar-refractivity contribution < 1.29 is 9.59 Å². The van der Waals surface area contributed by atoms with Crippen molar-refractivity contribution in [2.24, 2.45) is 5.73 Å². The summed E-state index contributed by atoms with van der Waals surface area (Å²) in [6.45, 7) is 0. The molecule has 7 heteroatoms. The Labute approximate surface area is 146 Å². The number of aromatic nitrogens is 2. The highest BCUT2D eigenvalue weighted by Gasteiger charge is 2.37. The van der Waals surface area contributed by atoms with E-state index in [0.29, 0.717) is 17.8 Å². The molecule has 2 aliphatic rings. The van der Waals surface area contributed by atoms with Crippen LogP contribution in [0.1, 0.15) is 41.2 Å². The summed E-state index contributed by atoms with van der Waals surface area (Å²) < 4.78 is 2.65. The van der Waals surface area contributed by atoms with Gasteiger partial charge in [-0.3, -0.25) is 9.59 Å². The molecular formula is C17H15BrN4O2. The minimum Gasteiger partial charge on any atom is -0.365 e. The quantitative estimate of drug-likeness (QED) is 0.829. The van der Waals surface area contributed by atoms with Crippen molar-refractivity contribution in [3.8, 4) is 0 Å². The number of rotatable bonds is 2. The van der Waals surface area contributed by atoms with E-state index in [1.807, 2.05) is 24.3 Å². The van der Waals surface area contributed by atoms with E-state index < -0.39 is 5.91 Å². The summed E-state index contributed by atoms with van der Waals surface area (Å²) in [5.41, 5.74) is 8.34. The molecule has 1 aliphatic carbocycles. The van der Waals surface area contributed by atoms with Crippen molar-refractivity contribution in [2.45, 2.75) is 25.3 Å². The first-order chi connectivity index (χ1) is 11.6. The number of allylic oxidation sites excluding steroid dienone is 2. The average molecular weight is 387 g/mol. The summed E-state index contributed by atoms with van der Waals surface area (Å²) in [6, 6.07) is 7.45. The Morgan fingerprint density at radius 3 is 2.75 bits per heavy atom. The van der Waals surface area contributed by atoms with E-state index in [4.69, 9.17) is 5.73 Å². The molecular weight excluding hydrogens is 372 g/mol. The molecule has 0 spiro atoms. The van der Waals surface area contributed by atoms with Gasteiger partial charge in [-0.15, -0.1) is 0 Å². The van der Waals surface area contributed by atoms with Crippen LogP contribution < -0.4 is 11.1 Å². The lowest BCUT2D eigenvalue weighted by Crippen LogP contribution is -2.32. The number of benzene rings is 1. The van der Waals surface area contributed by atoms with Crippen molar-refractivity contribution in [1.82, 2.24) is 9.78 Å². The maximum absolute atomic E-state index is 12.6. The number of nitrogens with one attached hydrogen (secondary N) is 1. The zero-order valence-electron chi connectivity index (χ0n) is 12.8. The van der Waals surface area contributed by atoms with Crippen LogP contribution in [0.25, 0.3) is 0 Å². The Morgan fingerprint density at radius 2 is 2.04 bits per heavy atom. The standard InChI is InChI=1S/C17H15BrN4O2/c18-10-6-4-9(5-7-10)15-14-12(2-1-3-13(14)23)21-17-11(16(19)24)8-20-22(15)17/h4-8,15,21H,1-3H2,(H2,19,24)/t15-/m1/s1. The molecule has 0 saturated carbocycles. The summed E-state index contributed by atoms with van der Waals surface area (Å²) in [4.78, 5) is 24.3. The van der Waals surface area contributed by atoms with Crippen LogP contribution in [0.15, 0.2) is 46.2 Å². The van der Waals surface area contributed by atoms with Crippen molar-refractivity contribution in [1.29, 1.82) is 0 Å². The molecule has 1 amide bonds. The molecule has 6 nitrogen and oxygen atoms in total. The Morgan fingerprint density at radius 1 is 1.29 bits per heavy atom. The fourth-order valence-corrected chi connectivity index (χ4v) is 3.66. The molecule has 1 aliphatic heterocycles. The number of hydrogen-bond acceptors (Lipinski definition) is 4. The topological polar surface area (TPSA) is 90.0 Å². The summed E-state index contributed by atoms with van der Waals surface area (Å²) in [5.74, 6) is 0.145. The highest BCUT2D eigenvalue weighted by Crippen LogP contribution is 2.41. The number of Topliss-reactive ketones (excluding diaryl/α,β-unsaturated/α-hetero) is 1. The number of primary amides is 1. The third-order valence-corrected chi connectivity index (χ3v) is 5.02. The molecule has 1 aromatic carbocycles. The molecule has 1 atom stereocenters. The molecule has 0 saturated heterocycles. The van der Waals surface area contributed by atoms with Gasteiger partial charge in [0.15, 0.2) is 5.78 Å². The van der Waals surface area contributed by atoms with E-state index in [1.54, 1.807) is 4.68 Å². The molecule has 122 valence electrons. The lowest BCUT2D eigenvalue weighted by molar-refractivity contribution is -0.116. The van der Waals surface area contributed by atoms with E-state index in [1.165, 1.54) is 6.20 Å². The van der Waals surface area contributed by atoms with Gasteiger partial charge >= 0.3 is 0 Å². The van der Waals surface area contributed by atoms with Gasteiger partial charge in [-0.1, -0.05) is 28.1 Å². The van der Waals surface area contributed by atoms with Crippen LogP contribution in [0.4, 0.5) is 5.82 Å². The Balaban J connectivity index is 1.93. The van der Waals surface area contributed by atoms with E-state index in [9.17, 15) is 9.59 Å². The van der Waals surface area contributed by atoms with Crippen LogP contribution >= 0.6 is 15.9 Å². The summed E-state index contributed by atoms with van der Waals surface area (Å²) in [6.07, 6.45) is 3.57. The molecule has 4 rings (SSSR count). The number of nitrogens with zero attached hydrogens (tertiary/aromatic N) is 2. The maximum atomic E-state index is 12.6. The molecule has 24 heavy (non-hydrogen) atoms. The Bertz CT molecular complexity index is 882.